The van der Waals surface area contributed by atoms with Gasteiger partial charge in [-0.05, 0) is 80.9 Å². The number of pyridine rings is 1. The molecule has 0 unspecified atom stereocenters. The van der Waals surface area contributed by atoms with Crippen molar-refractivity contribution in [3.05, 3.63) is 174 Å². The fourth-order valence-corrected chi connectivity index (χ4v) is 9.36. The number of rotatable bonds is 4. The quantitative estimate of drug-likeness (QED) is 0.183. The summed E-state index contributed by atoms with van der Waals surface area (Å²) in [4.78, 5) is 20.5. The second-order valence-electron chi connectivity index (χ2n) is 15.9. The van der Waals surface area contributed by atoms with Crippen LogP contribution in [0.2, 0.25) is 0 Å². The molecule has 2 aliphatic rings. The summed E-state index contributed by atoms with van der Waals surface area (Å²) >= 11 is 0. The molecule has 0 saturated carbocycles. The summed E-state index contributed by atoms with van der Waals surface area (Å²) in [6.45, 7) is 9.27. The zero-order chi connectivity index (χ0) is 37.1. The molecule has 9 aromatic rings. The molecule has 3 aromatic heterocycles. The summed E-state index contributed by atoms with van der Waals surface area (Å²) in [5, 5.41) is 2.36. The Labute approximate surface area is 320 Å². The maximum Gasteiger partial charge on any atom is 0.164 e. The largest absolute Gasteiger partial charge is 0.294 e. The van der Waals surface area contributed by atoms with Crippen LogP contribution in [0, 0.1) is 0 Å². The third kappa shape index (κ3) is 4.53. The summed E-state index contributed by atoms with van der Waals surface area (Å²) in [7, 11) is 0. The SMILES string of the molecule is CC1(C)c2ccc(-c3nc(-c4ccccc4)nc(-c4cccc5c4-c4ccccc4C5(C)C)n3)cc2-c2ccc(-n3c4ccccc4c4cccnc43)cc21. The van der Waals surface area contributed by atoms with Crippen LogP contribution >= 0.6 is 0 Å². The van der Waals surface area contributed by atoms with Gasteiger partial charge in [0, 0.05) is 50.2 Å². The molecule has 5 nitrogen and oxygen atoms in total. The van der Waals surface area contributed by atoms with E-state index < -0.39 is 0 Å². The van der Waals surface area contributed by atoms with Crippen LogP contribution in [0.4, 0.5) is 0 Å². The lowest BCUT2D eigenvalue weighted by molar-refractivity contribution is 0.660. The Morgan fingerprint density at radius 3 is 1.98 bits per heavy atom. The van der Waals surface area contributed by atoms with Crippen molar-refractivity contribution < 1.29 is 0 Å². The van der Waals surface area contributed by atoms with Gasteiger partial charge in [-0.15, -0.1) is 0 Å². The van der Waals surface area contributed by atoms with Crippen molar-refractivity contribution in [2.24, 2.45) is 0 Å². The number of para-hydroxylation sites is 1. The van der Waals surface area contributed by atoms with Crippen LogP contribution in [0.15, 0.2) is 152 Å². The van der Waals surface area contributed by atoms with Gasteiger partial charge in [-0.1, -0.05) is 137 Å². The van der Waals surface area contributed by atoms with E-state index in [0.717, 1.165) is 38.9 Å². The molecule has 3 heterocycles. The fourth-order valence-electron chi connectivity index (χ4n) is 9.36. The second kappa shape index (κ2) is 11.4. The molecule has 5 heteroatoms. The predicted octanol–water partition coefficient (Wildman–Crippen LogP) is 12.0. The van der Waals surface area contributed by atoms with Crippen molar-refractivity contribution in [1.82, 2.24) is 24.5 Å². The van der Waals surface area contributed by atoms with E-state index in [9.17, 15) is 0 Å². The molecule has 0 fully saturated rings. The molecule has 55 heavy (non-hydrogen) atoms. The van der Waals surface area contributed by atoms with Crippen LogP contribution in [0.5, 0.6) is 0 Å². The number of nitrogens with zero attached hydrogens (tertiary/aromatic N) is 5. The number of benzene rings is 6. The predicted molar refractivity (Wildman–Crippen MR) is 223 cm³/mol. The highest BCUT2D eigenvalue weighted by Crippen LogP contribution is 2.53. The van der Waals surface area contributed by atoms with E-state index in [1.807, 2.05) is 30.5 Å². The minimum absolute atomic E-state index is 0.127. The van der Waals surface area contributed by atoms with Crippen molar-refractivity contribution in [2.45, 2.75) is 38.5 Å². The van der Waals surface area contributed by atoms with Crippen LogP contribution in [0.1, 0.15) is 49.9 Å². The van der Waals surface area contributed by atoms with Crippen molar-refractivity contribution in [3.8, 4) is 62.1 Å². The molecular weight excluding hydrogens is 671 g/mol. The smallest absolute Gasteiger partial charge is 0.164 e. The van der Waals surface area contributed by atoms with Crippen LogP contribution in [0.3, 0.4) is 0 Å². The molecule has 0 amide bonds. The summed E-state index contributed by atoms with van der Waals surface area (Å²) in [6.07, 6.45) is 1.88. The third-order valence-corrected chi connectivity index (χ3v) is 12.1. The highest BCUT2D eigenvalue weighted by molar-refractivity contribution is 6.08. The summed E-state index contributed by atoms with van der Waals surface area (Å²) in [5.74, 6) is 2.00. The van der Waals surface area contributed by atoms with E-state index >= 15 is 0 Å². The maximum atomic E-state index is 5.29. The normalized spacial score (nSPS) is 14.5. The maximum absolute atomic E-state index is 5.29. The Bertz CT molecular complexity index is 2990. The minimum Gasteiger partial charge on any atom is -0.294 e. The second-order valence-corrected chi connectivity index (χ2v) is 15.9. The minimum atomic E-state index is -0.213. The molecule has 0 atom stereocenters. The van der Waals surface area contributed by atoms with Crippen LogP contribution in [-0.4, -0.2) is 24.5 Å². The summed E-state index contributed by atoms with van der Waals surface area (Å²) in [5.41, 5.74) is 15.9. The zero-order valence-corrected chi connectivity index (χ0v) is 31.2. The third-order valence-electron chi connectivity index (χ3n) is 12.1. The molecule has 0 saturated heterocycles. The Balaban J connectivity index is 1.08. The lowest BCUT2D eigenvalue weighted by atomic mass is 9.82. The van der Waals surface area contributed by atoms with E-state index in [4.69, 9.17) is 19.9 Å². The van der Waals surface area contributed by atoms with E-state index in [1.165, 1.54) is 49.9 Å². The van der Waals surface area contributed by atoms with Crippen LogP contribution in [0.25, 0.3) is 84.0 Å². The van der Waals surface area contributed by atoms with Gasteiger partial charge in [0.05, 0.1) is 5.52 Å². The number of hydrogen-bond acceptors (Lipinski definition) is 4. The lowest BCUT2D eigenvalue weighted by Gasteiger charge is -2.22. The average molecular weight is 708 g/mol. The topological polar surface area (TPSA) is 56.5 Å². The summed E-state index contributed by atoms with van der Waals surface area (Å²) < 4.78 is 2.30. The van der Waals surface area contributed by atoms with Gasteiger partial charge in [-0.3, -0.25) is 4.57 Å². The summed E-state index contributed by atoms with van der Waals surface area (Å²) in [6, 6.07) is 51.9. The van der Waals surface area contributed by atoms with Crippen molar-refractivity contribution in [1.29, 1.82) is 0 Å². The molecule has 0 bridgehead atoms. The first-order chi connectivity index (χ1) is 26.8. The van der Waals surface area contributed by atoms with Gasteiger partial charge >= 0.3 is 0 Å². The van der Waals surface area contributed by atoms with Crippen molar-refractivity contribution in [2.75, 3.05) is 0 Å². The first kappa shape index (κ1) is 31.8. The Kier molecular flexibility index (Phi) is 6.58. The molecule has 0 spiro atoms. The van der Waals surface area contributed by atoms with Gasteiger partial charge in [-0.25, -0.2) is 19.9 Å². The van der Waals surface area contributed by atoms with E-state index in [1.54, 1.807) is 0 Å². The van der Waals surface area contributed by atoms with E-state index in [-0.39, 0.29) is 10.8 Å². The molecule has 0 N–H and O–H groups in total. The van der Waals surface area contributed by atoms with Gasteiger partial charge in [0.2, 0.25) is 0 Å². The Morgan fingerprint density at radius 2 is 1.11 bits per heavy atom. The highest BCUT2D eigenvalue weighted by atomic mass is 15.0. The standard InChI is InChI=1S/C50H37N5/c1-49(2)39-20-10-8-17-36(39)44-37(18-12-21-41(44)49)47-53-45(30-14-6-5-7-15-30)52-46(54-47)31-23-26-40-38(28-31)33-25-24-32(29-42(33)50(40,3)4)55-43-22-11-9-16-34(43)35-19-13-27-51-48(35)55/h5-29H,1-4H3. The average Bonchev–Trinajstić information content (AvgIpc) is 3.77. The van der Waals surface area contributed by atoms with E-state index in [0.29, 0.717) is 17.5 Å². The monoisotopic (exact) mass is 707 g/mol. The molecule has 2 aliphatic carbocycles. The molecule has 6 aromatic carbocycles. The first-order valence-electron chi connectivity index (χ1n) is 19.0. The Hall–Kier alpha value is -6.72. The highest BCUT2D eigenvalue weighted by Gasteiger charge is 2.38. The lowest BCUT2D eigenvalue weighted by Crippen LogP contribution is -2.15. The molecule has 262 valence electrons. The number of fused-ring (bicyclic) bond motifs is 9. The Morgan fingerprint density at radius 1 is 0.436 bits per heavy atom. The molecular formula is C50H37N5. The van der Waals surface area contributed by atoms with Crippen LogP contribution < -0.4 is 0 Å². The molecule has 11 rings (SSSR count). The molecule has 0 radical (unpaired) electrons. The van der Waals surface area contributed by atoms with Gasteiger partial charge in [0.15, 0.2) is 17.5 Å². The number of aromatic nitrogens is 5. The van der Waals surface area contributed by atoms with Crippen molar-refractivity contribution in [3.63, 3.8) is 0 Å². The van der Waals surface area contributed by atoms with Gasteiger partial charge in [0.25, 0.3) is 0 Å². The first-order valence-corrected chi connectivity index (χ1v) is 19.0. The van der Waals surface area contributed by atoms with E-state index in [2.05, 4.69) is 154 Å². The fraction of sp³-hybridized carbons (Fsp3) is 0.120. The van der Waals surface area contributed by atoms with Gasteiger partial charge in [0.1, 0.15) is 5.65 Å². The molecule has 0 aliphatic heterocycles. The van der Waals surface area contributed by atoms with Gasteiger partial charge in [-0.2, -0.15) is 0 Å². The number of hydrogen-bond donors (Lipinski definition) is 0. The zero-order valence-electron chi connectivity index (χ0n) is 31.2. The van der Waals surface area contributed by atoms with Crippen LogP contribution in [-0.2, 0) is 10.8 Å². The van der Waals surface area contributed by atoms with Gasteiger partial charge < -0.3 is 0 Å². The van der Waals surface area contributed by atoms with Crippen molar-refractivity contribution >= 4 is 21.9 Å².